The van der Waals surface area contributed by atoms with Crippen LogP contribution in [0.3, 0.4) is 0 Å². The Kier molecular flexibility index (Phi) is 5.20. The van der Waals surface area contributed by atoms with Crippen LogP contribution in [0.5, 0.6) is 11.8 Å². The van der Waals surface area contributed by atoms with Gasteiger partial charge in [0.1, 0.15) is 0 Å². The van der Waals surface area contributed by atoms with Crippen LogP contribution in [0.2, 0.25) is 0 Å². The fourth-order valence-electron chi connectivity index (χ4n) is 1.90. The van der Waals surface area contributed by atoms with Crippen LogP contribution >= 0.6 is 0 Å². The second kappa shape index (κ2) is 7.31. The highest BCUT2D eigenvalue weighted by Gasteiger charge is 2.23. The maximum Gasteiger partial charge on any atom is 0.334 e. The molecule has 0 atom stereocenters. The van der Waals surface area contributed by atoms with Gasteiger partial charge in [0.25, 0.3) is 11.8 Å². The van der Waals surface area contributed by atoms with Crippen molar-refractivity contribution in [3.8, 4) is 11.8 Å². The molecule has 0 saturated carbocycles. The molecule has 1 aromatic heterocycles. The van der Waals surface area contributed by atoms with E-state index in [9.17, 15) is 29.4 Å². The van der Waals surface area contributed by atoms with Crippen LogP contribution in [-0.2, 0) is 19.2 Å². The van der Waals surface area contributed by atoms with Gasteiger partial charge in [-0.2, -0.15) is 0 Å². The van der Waals surface area contributed by atoms with Gasteiger partial charge in [-0.15, -0.1) is 4.73 Å². The molecule has 1 aliphatic heterocycles. The number of carbonyl (C=O) groups is 4. The van der Waals surface area contributed by atoms with E-state index in [0.717, 1.165) is 29.2 Å². The van der Waals surface area contributed by atoms with Gasteiger partial charge < -0.3 is 20.4 Å². The van der Waals surface area contributed by atoms with Gasteiger partial charge in [-0.1, -0.05) is 0 Å². The molecule has 1 aliphatic rings. The molecule has 0 aliphatic carbocycles. The minimum Gasteiger partial charge on any atom is -0.492 e. The van der Waals surface area contributed by atoms with Gasteiger partial charge in [-0.25, -0.2) is 4.79 Å². The predicted octanol–water partition coefficient (Wildman–Crippen LogP) is -1.32. The largest absolute Gasteiger partial charge is 0.492 e. The lowest BCUT2D eigenvalue weighted by Crippen LogP contribution is -2.35. The van der Waals surface area contributed by atoms with Gasteiger partial charge in [0, 0.05) is 43.8 Å². The summed E-state index contributed by atoms with van der Waals surface area (Å²) < 4.78 is 0.543. The van der Waals surface area contributed by atoms with Crippen LogP contribution in [0.15, 0.2) is 24.3 Å². The summed E-state index contributed by atoms with van der Waals surface area (Å²) in [5.74, 6) is -3.06. The summed E-state index contributed by atoms with van der Waals surface area (Å²) in [5, 5.41) is 21.0. The van der Waals surface area contributed by atoms with E-state index in [1.165, 1.54) is 0 Å². The third-order valence-corrected chi connectivity index (χ3v) is 3.11. The Bertz CT molecular complexity index is 670. The summed E-state index contributed by atoms with van der Waals surface area (Å²) >= 11 is 0. The minimum atomic E-state index is -0.786. The first-order valence-corrected chi connectivity index (χ1v) is 6.99. The first kappa shape index (κ1) is 17.1. The molecule has 0 aromatic carbocycles. The van der Waals surface area contributed by atoms with Gasteiger partial charge >= 0.3 is 5.97 Å². The van der Waals surface area contributed by atoms with Crippen molar-refractivity contribution in [2.75, 3.05) is 13.1 Å². The maximum absolute atomic E-state index is 11.6. The monoisotopic (exact) mass is 337 g/mol. The summed E-state index contributed by atoms with van der Waals surface area (Å²) in [4.78, 5) is 51.3. The number of rotatable bonds is 7. The lowest BCUT2D eigenvalue weighted by Gasteiger charge is -2.13. The van der Waals surface area contributed by atoms with Crippen LogP contribution in [-0.4, -0.2) is 56.6 Å². The van der Waals surface area contributed by atoms with Crippen molar-refractivity contribution in [2.24, 2.45) is 0 Å². The van der Waals surface area contributed by atoms with E-state index in [1.807, 2.05) is 0 Å². The first-order valence-electron chi connectivity index (χ1n) is 6.99. The predicted molar refractivity (Wildman–Crippen MR) is 77.5 cm³/mol. The molecule has 3 N–H and O–H groups in total. The van der Waals surface area contributed by atoms with Crippen molar-refractivity contribution in [3.05, 3.63) is 24.3 Å². The van der Waals surface area contributed by atoms with Crippen LogP contribution in [0.1, 0.15) is 12.8 Å². The fraction of sp³-hybridized carbons (Fsp3) is 0.286. The van der Waals surface area contributed by atoms with Gasteiger partial charge in [0.2, 0.25) is 17.7 Å². The molecule has 0 fully saturated rings. The number of amides is 3. The molecule has 0 unspecified atom stereocenters. The van der Waals surface area contributed by atoms with Gasteiger partial charge in [0.15, 0.2) is 0 Å². The number of aromatic nitrogens is 1. The number of carbonyl (C=O) groups excluding carboxylic acids is 4. The normalized spacial score (nSPS) is 13.4. The molecule has 1 aromatic rings. The van der Waals surface area contributed by atoms with Gasteiger partial charge in [-0.05, 0) is 0 Å². The number of aromatic hydroxyl groups is 2. The number of nitrogens with one attached hydrogen (secondary N) is 1. The third kappa shape index (κ3) is 4.12. The summed E-state index contributed by atoms with van der Waals surface area (Å²) in [7, 11) is 0. The topological polar surface area (TPSA) is 138 Å². The maximum atomic E-state index is 11.6. The molecule has 0 bridgehead atoms. The summed E-state index contributed by atoms with van der Waals surface area (Å²) in [6.45, 7) is -0.0906. The molecule has 0 radical (unpaired) electrons. The zero-order valence-corrected chi connectivity index (χ0v) is 12.5. The fourth-order valence-corrected chi connectivity index (χ4v) is 1.90. The highest BCUT2D eigenvalue weighted by molar-refractivity contribution is 6.13. The summed E-state index contributed by atoms with van der Waals surface area (Å²) in [5.41, 5.74) is 0. The Labute approximate surface area is 135 Å². The minimum absolute atomic E-state index is 0.0411. The van der Waals surface area contributed by atoms with Crippen LogP contribution in [0, 0.1) is 0 Å². The second-order valence-corrected chi connectivity index (χ2v) is 4.82. The quantitative estimate of drug-likeness (QED) is 0.524. The number of imide groups is 1. The summed E-state index contributed by atoms with van der Waals surface area (Å²) in [6, 6.07) is 2.28. The van der Waals surface area contributed by atoms with Crippen molar-refractivity contribution >= 4 is 23.7 Å². The first-order chi connectivity index (χ1) is 11.4. The van der Waals surface area contributed by atoms with E-state index < -0.39 is 35.5 Å². The lowest BCUT2D eigenvalue weighted by molar-refractivity contribution is -0.145. The Balaban J connectivity index is 1.66. The molecule has 0 saturated heterocycles. The molecule has 3 amide bonds. The van der Waals surface area contributed by atoms with Crippen molar-refractivity contribution in [3.63, 3.8) is 0 Å². The van der Waals surface area contributed by atoms with Gasteiger partial charge in [-0.3, -0.25) is 19.3 Å². The average Bonchev–Trinajstić information content (AvgIpc) is 3.01. The Morgan fingerprint density at radius 3 is 2.21 bits per heavy atom. The van der Waals surface area contributed by atoms with Crippen LogP contribution in [0.25, 0.3) is 0 Å². The molecule has 24 heavy (non-hydrogen) atoms. The van der Waals surface area contributed by atoms with Crippen molar-refractivity contribution < 1.29 is 34.2 Å². The zero-order chi connectivity index (χ0) is 17.7. The SMILES string of the molecule is O=C(CCN1C(=O)C=CC1=O)NCCC(=O)On1c(O)ccc1O. The standard InChI is InChI=1S/C14H15N3O7/c18-9(6-8-16-10(19)1-2-11(16)20)15-7-5-14(23)24-17-12(21)3-4-13(17)22/h1-4,21-22H,5-8H2,(H,15,18). The van der Waals surface area contributed by atoms with E-state index in [4.69, 9.17) is 0 Å². The average molecular weight is 337 g/mol. The van der Waals surface area contributed by atoms with Crippen LogP contribution in [0.4, 0.5) is 0 Å². The summed E-state index contributed by atoms with van der Waals surface area (Å²) in [6.07, 6.45) is 1.96. The van der Waals surface area contributed by atoms with E-state index >= 15 is 0 Å². The molecule has 10 nitrogen and oxygen atoms in total. The molecule has 0 spiro atoms. The molecule has 2 rings (SSSR count). The lowest BCUT2D eigenvalue weighted by atomic mass is 10.3. The zero-order valence-electron chi connectivity index (χ0n) is 12.5. The highest BCUT2D eigenvalue weighted by atomic mass is 16.7. The highest BCUT2D eigenvalue weighted by Crippen LogP contribution is 2.18. The van der Waals surface area contributed by atoms with Gasteiger partial charge in [0.05, 0.1) is 6.42 Å². The molecular weight excluding hydrogens is 322 g/mol. The molecule has 2 heterocycles. The Hall–Kier alpha value is -3.30. The number of hydrogen-bond acceptors (Lipinski definition) is 7. The smallest absolute Gasteiger partial charge is 0.334 e. The van der Waals surface area contributed by atoms with E-state index in [1.54, 1.807) is 0 Å². The van der Waals surface area contributed by atoms with Crippen molar-refractivity contribution in [1.82, 2.24) is 14.9 Å². The molecule has 128 valence electrons. The van der Waals surface area contributed by atoms with Crippen molar-refractivity contribution in [2.45, 2.75) is 12.8 Å². The molecule has 10 heteroatoms. The van der Waals surface area contributed by atoms with E-state index in [-0.39, 0.29) is 25.9 Å². The molecular formula is C14H15N3O7. The Morgan fingerprint density at radius 2 is 1.62 bits per heavy atom. The second-order valence-electron chi connectivity index (χ2n) is 4.82. The van der Waals surface area contributed by atoms with E-state index in [0.29, 0.717) is 4.73 Å². The number of hydrogen-bond donors (Lipinski definition) is 3. The van der Waals surface area contributed by atoms with Crippen molar-refractivity contribution in [1.29, 1.82) is 0 Å². The van der Waals surface area contributed by atoms with Crippen LogP contribution < -0.4 is 10.2 Å². The van der Waals surface area contributed by atoms with E-state index in [2.05, 4.69) is 10.2 Å². The Morgan fingerprint density at radius 1 is 1.04 bits per heavy atom. The third-order valence-electron chi connectivity index (χ3n) is 3.11. The number of nitrogens with zero attached hydrogens (tertiary/aromatic N) is 2.